The molecule has 32 heavy (non-hydrogen) atoms. The lowest BCUT2D eigenvalue weighted by atomic mass is 10.1. The predicted octanol–water partition coefficient (Wildman–Crippen LogP) is 3.70. The Kier molecular flexibility index (Phi) is 4.67. The first-order valence-corrected chi connectivity index (χ1v) is 9.96. The van der Waals surface area contributed by atoms with E-state index >= 15 is 0 Å². The Morgan fingerprint density at radius 2 is 1.50 bits per heavy atom. The number of anilines is 3. The second-order valence-electron chi connectivity index (χ2n) is 7.31. The SMILES string of the molecule is O=C(Nc1cccc(N2C(=O)c3ccccc3C2=O)c1)c1ccc(N2CCOC2=O)cc1. The molecule has 2 heterocycles. The molecule has 0 aliphatic carbocycles. The van der Waals surface area contributed by atoms with E-state index in [9.17, 15) is 19.2 Å². The number of ether oxygens (including phenoxy) is 1. The number of hydrogen-bond acceptors (Lipinski definition) is 5. The molecule has 4 amide bonds. The molecule has 0 atom stereocenters. The van der Waals surface area contributed by atoms with Gasteiger partial charge in [-0.2, -0.15) is 0 Å². The molecule has 0 saturated carbocycles. The first-order valence-electron chi connectivity index (χ1n) is 9.96. The summed E-state index contributed by atoms with van der Waals surface area (Å²) in [7, 11) is 0. The highest BCUT2D eigenvalue weighted by Gasteiger charge is 2.36. The number of amides is 4. The van der Waals surface area contributed by atoms with Crippen LogP contribution in [0.3, 0.4) is 0 Å². The highest BCUT2D eigenvalue weighted by Crippen LogP contribution is 2.30. The van der Waals surface area contributed by atoms with Crippen LogP contribution in [-0.4, -0.2) is 37.0 Å². The van der Waals surface area contributed by atoms with Gasteiger partial charge in [-0.3, -0.25) is 19.3 Å². The fourth-order valence-electron chi connectivity index (χ4n) is 3.77. The van der Waals surface area contributed by atoms with Crippen molar-refractivity contribution in [3.05, 3.63) is 89.5 Å². The summed E-state index contributed by atoms with van der Waals surface area (Å²) in [6.45, 7) is 0.805. The Hall–Kier alpha value is -4.46. The third kappa shape index (κ3) is 3.27. The van der Waals surface area contributed by atoms with Gasteiger partial charge in [0.1, 0.15) is 6.61 Å². The number of carbonyl (C=O) groups excluding carboxylic acids is 4. The van der Waals surface area contributed by atoms with Gasteiger partial charge < -0.3 is 10.1 Å². The van der Waals surface area contributed by atoms with Crippen molar-refractivity contribution in [2.24, 2.45) is 0 Å². The first-order chi connectivity index (χ1) is 15.5. The average molecular weight is 427 g/mol. The van der Waals surface area contributed by atoms with E-state index in [1.165, 1.54) is 4.90 Å². The summed E-state index contributed by atoms with van der Waals surface area (Å²) in [4.78, 5) is 52.4. The maximum atomic E-state index is 12.7. The van der Waals surface area contributed by atoms with Crippen molar-refractivity contribution in [1.29, 1.82) is 0 Å². The number of nitrogens with one attached hydrogen (secondary N) is 1. The Morgan fingerprint density at radius 3 is 2.12 bits per heavy atom. The lowest BCUT2D eigenvalue weighted by molar-refractivity contribution is 0.0925. The van der Waals surface area contributed by atoms with Gasteiger partial charge in [-0.05, 0) is 54.6 Å². The van der Waals surface area contributed by atoms with Crippen molar-refractivity contribution >= 4 is 40.9 Å². The van der Waals surface area contributed by atoms with Gasteiger partial charge in [-0.15, -0.1) is 0 Å². The molecule has 8 nitrogen and oxygen atoms in total. The van der Waals surface area contributed by atoms with Gasteiger partial charge in [0.25, 0.3) is 17.7 Å². The van der Waals surface area contributed by atoms with Gasteiger partial charge in [0, 0.05) is 16.9 Å². The number of imide groups is 1. The second-order valence-corrected chi connectivity index (χ2v) is 7.31. The van der Waals surface area contributed by atoms with Crippen LogP contribution in [0.4, 0.5) is 21.9 Å². The highest BCUT2D eigenvalue weighted by molar-refractivity contribution is 6.34. The fourth-order valence-corrected chi connectivity index (χ4v) is 3.77. The number of hydrogen-bond donors (Lipinski definition) is 1. The monoisotopic (exact) mass is 427 g/mol. The van der Waals surface area contributed by atoms with Gasteiger partial charge in [-0.25, -0.2) is 9.69 Å². The van der Waals surface area contributed by atoms with Crippen LogP contribution in [0, 0.1) is 0 Å². The number of cyclic esters (lactones) is 1. The minimum Gasteiger partial charge on any atom is -0.447 e. The predicted molar refractivity (Wildman–Crippen MR) is 117 cm³/mol. The van der Waals surface area contributed by atoms with Crippen LogP contribution in [0.1, 0.15) is 31.1 Å². The van der Waals surface area contributed by atoms with E-state index in [-0.39, 0.29) is 5.91 Å². The van der Waals surface area contributed by atoms with Crippen molar-refractivity contribution in [1.82, 2.24) is 0 Å². The molecule has 8 heteroatoms. The Bertz CT molecular complexity index is 1230. The summed E-state index contributed by atoms with van der Waals surface area (Å²) in [6.07, 6.45) is -0.410. The summed E-state index contributed by atoms with van der Waals surface area (Å²) in [5.74, 6) is -1.16. The van der Waals surface area contributed by atoms with Crippen molar-refractivity contribution in [3.8, 4) is 0 Å². The molecule has 1 saturated heterocycles. The zero-order chi connectivity index (χ0) is 22.2. The van der Waals surface area contributed by atoms with Crippen LogP contribution in [0.2, 0.25) is 0 Å². The maximum Gasteiger partial charge on any atom is 0.414 e. The molecule has 0 spiro atoms. The summed E-state index contributed by atoms with van der Waals surface area (Å²) < 4.78 is 4.92. The van der Waals surface area contributed by atoms with E-state index in [4.69, 9.17) is 4.74 Å². The van der Waals surface area contributed by atoms with Crippen molar-refractivity contribution < 1.29 is 23.9 Å². The average Bonchev–Trinajstić information content (AvgIpc) is 3.35. The van der Waals surface area contributed by atoms with Crippen LogP contribution in [-0.2, 0) is 4.74 Å². The number of nitrogens with zero attached hydrogens (tertiary/aromatic N) is 2. The summed E-state index contributed by atoms with van der Waals surface area (Å²) in [5, 5.41) is 2.78. The van der Waals surface area contributed by atoms with Gasteiger partial charge in [0.15, 0.2) is 0 Å². The number of fused-ring (bicyclic) bond motifs is 1. The van der Waals surface area contributed by atoms with Crippen LogP contribution in [0.15, 0.2) is 72.8 Å². The quantitative estimate of drug-likeness (QED) is 0.641. The van der Waals surface area contributed by atoms with Gasteiger partial charge in [-0.1, -0.05) is 18.2 Å². The molecule has 158 valence electrons. The summed E-state index contributed by atoms with van der Waals surface area (Å²) in [5.41, 5.74) is 2.57. The number of rotatable bonds is 4. The van der Waals surface area contributed by atoms with Gasteiger partial charge >= 0.3 is 6.09 Å². The smallest absolute Gasteiger partial charge is 0.414 e. The van der Waals surface area contributed by atoms with E-state index in [1.54, 1.807) is 72.8 Å². The Labute approximate surface area is 183 Å². The summed E-state index contributed by atoms with van der Waals surface area (Å²) >= 11 is 0. The second kappa shape index (κ2) is 7.66. The standard InChI is InChI=1S/C24H17N3O5/c28-21(15-8-10-17(11-9-15)26-12-13-32-24(26)31)25-16-4-3-5-18(14-16)27-22(29)19-6-1-2-7-20(19)23(27)30/h1-11,14H,12-13H2,(H,25,28). The first kappa shape index (κ1) is 19.5. The summed E-state index contributed by atoms with van der Waals surface area (Å²) in [6, 6.07) is 19.8. The normalized spacial score (nSPS) is 15.1. The topological polar surface area (TPSA) is 96.0 Å². The number of carbonyl (C=O) groups is 4. The molecular formula is C24H17N3O5. The lowest BCUT2D eigenvalue weighted by Gasteiger charge is -2.16. The third-order valence-corrected chi connectivity index (χ3v) is 5.36. The molecule has 5 rings (SSSR count). The van der Waals surface area contributed by atoms with Crippen molar-refractivity contribution in [2.75, 3.05) is 28.3 Å². The minimum atomic E-state index is -0.410. The van der Waals surface area contributed by atoms with E-state index in [0.717, 1.165) is 4.90 Å². The molecule has 0 radical (unpaired) electrons. The molecular weight excluding hydrogens is 410 g/mol. The third-order valence-electron chi connectivity index (χ3n) is 5.36. The highest BCUT2D eigenvalue weighted by atomic mass is 16.6. The van der Waals surface area contributed by atoms with E-state index in [0.29, 0.717) is 46.9 Å². The lowest BCUT2D eigenvalue weighted by Crippen LogP contribution is -2.29. The van der Waals surface area contributed by atoms with Gasteiger partial charge in [0.05, 0.1) is 23.4 Å². The zero-order valence-corrected chi connectivity index (χ0v) is 16.8. The minimum absolute atomic E-state index is 0.338. The molecule has 1 N–H and O–H groups in total. The molecule has 0 unspecified atom stereocenters. The van der Waals surface area contributed by atoms with Crippen molar-refractivity contribution in [2.45, 2.75) is 0 Å². The fraction of sp³-hybridized carbons (Fsp3) is 0.0833. The van der Waals surface area contributed by atoms with Crippen LogP contribution < -0.4 is 15.1 Å². The van der Waals surface area contributed by atoms with E-state index < -0.39 is 17.9 Å². The van der Waals surface area contributed by atoms with Crippen LogP contribution in [0.25, 0.3) is 0 Å². The van der Waals surface area contributed by atoms with Crippen LogP contribution >= 0.6 is 0 Å². The largest absolute Gasteiger partial charge is 0.447 e. The van der Waals surface area contributed by atoms with Crippen LogP contribution in [0.5, 0.6) is 0 Å². The maximum absolute atomic E-state index is 12.7. The molecule has 0 aromatic heterocycles. The Balaban J connectivity index is 1.33. The molecule has 0 bridgehead atoms. The molecule has 2 aliphatic heterocycles. The van der Waals surface area contributed by atoms with Gasteiger partial charge in [0.2, 0.25) is 0 Å². The van der Waals surface area contributed by atoms with E-state index in [2.05, 4.69) is 5.32 Å². The van der Waals surface area contributed by atoms with E-state index in [1.807, 2.05) is 0 Å². The molecule has 2 aliphatic rings. The number of benzene rings is 3. The molecule has 3 aromatic carbocycles. The van der Waals surface area contributed by atoms with Crippen molar-refractivity contribution in [3.63, 3.8) is 0 Å². The molecule has 3 aromatic rings. The molecule has 1 fully saturated rings. The Morgan fingerprint density at radius 1 is 0.812 bits per heavy atom. The zero-order valence-electron chi connectivity index (χ0n) is 16.8.